The molecule has 0 amide bonds. The third-order valence-corrected chi connectivity index (χ3v) is 3.25. The summed E-state index contributed by atoms with van der Waals surface area (Å²) in [7, 11) is 0. The molecule has 1 aromatic heterocycles. The van der Waals surface area contributed by atoms with Crippen LogP contribution in [0.3, 0.4) is 0 Å². The predicted octanol–water partition coefficient (Wildman–Crippen LogP) is 2.59. The Balaban J connectivity index is 2.29. The highest BCUT2D eigenvalue weighted by molar-refractivity contribution is 9.10. The van der Waals surface area contributed by atoms with Crippen molar-refractivity contribution >= 4 is 21.8 Å². The van der Waals surface area contributed by atoms with E-state index in [-0.39, 0.29) is 5.41 Å². The van der Waals surface area contributed by atoms with Gasteiger partial charge in [0.15, 0.2) is 0 Å². The van der Waals surface area contributed by atoms with Crippen LogP contribution in [0.5, 0.6) is 0 Å². The van der Waals surface area contributed by atoms with E-state index in [9.17, 15) is 0 Å². The lowest BCUT2D eigenvalue weighted by atomic mass is 9.86. The highest BCUT2D eigenvalue weighted by Gasteiger charge is 2.22. The van der Waals surface area contributed by atoms with Gasteiger partial charge in [0.25, 0.3) is 0 Å². The summed E-state index contributed by atoms with van der Waals surface area (Å²) in [6.07, 6.45) is 6.66. The van der Waals surface area contributed by atoms with Crippen LogP contribution in [0.2, 0.25) is 0 Å². The average Bonchev–Trinajstić information content (AvgIpc) is 2.69. The molecule has 0 unspecified atom stereocenters. The molecular weight excluding hydrogens is 284 g/mol. The maximum atomic E-state index is 8.65. The van der Waals surface area contributed by atoms with E-state index in [0.29, 0.717) is 5.84 Å². The lowest BCUT2D eigenvalue weighted by Gasteiger charge is -2.22. The largest absolute Gasteiger partial charge is 0.409 e. The van der Waals surface area contributed by atoms with Gasteiger partial charge in [-0.2, -0.15) is 5.10 Å². The van der Waals surface area contributed by atoms with Gasteiger partial charge in [0.05, 0.1) is 10.7 Å². The van der Waals surface area contributed by atoms with Crippen LogP contribution in [0.15, 0.2) is 22.0 Å². The summed E-state index contributed by atoms with van der Waals surface area (Å²) in [5.41, 5.74) is 5.37. The second-order valence-electron chi connectivity index (χ2n) is 4.75. The van der Waals surface area contributed by atoms with Crippen LogP contribution in [-0.4, -0.2) is 20.8 Å². The van der Waals surface area contributed by atoms with Crippen LogP contribution in [0.25, 0.3) is 0 Å². The van der Waals surface area contributed by atoms with Crippen molar-refractivity contribution in [1.29, 1.82) is 0 Å². The van der Waals surface area contributed by atoms with Gasteiger partial charge >= 0.3 is 0 Å². The zero-order valence-electron chi connectivity index (χ0n) is 10.2. The highest BCUT2D eigenvalue weighted by Crippen LogP contribution is 2.23. The zero-order chi connectivity index (χ0) is 12.9. The topological polar surface area (TPSA) is 76.4 Å². The molecule has 0 saturated heterocycles. The van der Waals surface area contributed by atoms with E-state index in [2.05, 4.69) is 26.2 Å². The number of aryl methyl sites for hydroxylation is 1. The maximum Gasteiger partial charge on any atom is 0.144 e. The smallest absolute Gasteiger partial charge is 0.144 e. The fourth-order valence-corrected chi connectivity index (χ4v) is 1.89. The molecule has 17 heavy (non-hydrogen) atoms. The molecule has 0 radical (unpaired) electrons. The Morgan fingerprint density at radius 3 is 2.82 bits per heavy atom. The molecule has 5 nitrogen and oxygen atoms in total. The number of amidine groups is 1. The van der Waals surface area contributed by atoms with Crippen molar-refractivity contribution in [3.05, 3.63) is 16.9 Å². The molecule has 1 aromatic rings. The number of unbranched alkanes of at least 4 members (excludes halogenated alkanes) is 1. The fraction of sp³-hybridized carbons (Fsp3) is 0.636. The first-order chi connectivity index (χ1) is 7.95. The molecule has 0 aliphatic heterocycles. The van der Waals surface area contributed by atoms with Crippen LogP contribution >= 0.6 is 15.9 Å². The lowest BCUT2D eigenvalue weighted by molar-refractivity contribution is 0.304. The second kappa shape index (κ2) is 6.05. The van der Waals surface area contributed by atoms with Crippen molar-refractivity contribution in [2.24, 2.45) is 16.3 Å². The lowest BCUT2D eigenvalue weighted by Crippen LogP contribution is -2.31. The molecule has 0 atom stereocenters. The van der Waals surface area contributed by atoms with E-state index in [1.807, 2.05) is 24.7 Å². The molecule has 96 valence electrons. The normalized spacial score (nSPS) is 13.0. The standard InChI is InChI=1S/C11H19BrN4O/c1-11(2,10(13)15-17)5-3-4-6-16-8-9(12)7-14-16/h7-8,17H,3-6H2,1-2H3,(H2,13,15). The van der Waals surface area contributed by atoms with Crippen molar-refractivity contribution in [1.82, 2.24) is 9.78 Å². The second-order valence-corrected chi connectivity index (χ2v) is 5.66. The quantitative estimate of drug-likeness (QED) is 0.279. The van der Waals surface area contributed by atoms with Gasteiger partial charge in [-0.15, -0.1) is 0 Å². The average molecular weight is 303 g/mol. The van der Waals surface area contributed by atoms with Gasteiger partial charge in [0.1, 0.15) is 5.84 Å². The van der Waals surface area contributed by atoms with E-state index in [1.54, 1.807) is 6.20 Å². The monoisotopic (exact) mass is 302 g/mol. The number of hydrogen-bond acceptors (Lipinski definition) is 3. The number of oxime groups is 1. The number of nitrogens with two attached hydrogens (primary N) is 1. The first-order valence-electron chi connectivity index (χ1n) is 5.61. The van der Waals surface area contributed by atoms with Gasteiger partial charge in [-0.25, -0.2) is 0 Å². The summed E-state index contributed by atoms with van der Waals surface area (Å²) in [4.78, 5) is 0. The van der Waals surface area contributed by atoms with Gasteiger partial charge in [-0.1, -0.05) is 25.4 Å². The molecule has 0 aromatic carbocycles. The molecule has 1 heterocycles. The molecule has 0 spiro atoms. The molecule has 3 N–H and O–H groups in total. The Kier molecular flexibility index (Phi) is 4.99. The minimum absolute atomic E-state index is 0.251. The van der Waals surface area contributed by atoms with Gasteiger partial charge in [-0.3, -0.25) is 4.68 Å². The third-order valence-electron chi connectivity index (χ3n) is 2.84. The minimum atomic E-state index is -0.251. The van der Waals surface area contributed by atoms with E-state index >= 15 is 0 Å². The van der Waals surface area contributed by atoms with Crippen molar-refractivity contribution in [2.45, 2.75) is 39.7 Å². The molecule has 0 bridgehead atoms. The number of nitrogens with zero attached hydrogens (tertiary/aromatic N) is 3. The molecular formula is C11H19BrN4O. The van der Waals surface area contributed by atoms with Gasteiger partial charge in [-0.05, 0) is 28.8 Å². The van der Waals surface area contributed by atoms with Crippen molar-refractivity contribution < 1.29 is 5.21 Å². The van der Waals surface area contributed by atoms with Crippen molar-refractivity contribution in [3.8, 4) is 0 Å². The first kappa shape index (κ1) is 14.0. The van der Waals surface area contributed by atoms with Crippen molar-refractivity contribution in [3.63, 3.8) is 0 Å². The first-order valence-corrected chi connectivity index (χ1v) is 6.41. The van der Waals surface area contributed by atoms with Crippen LogP contribution in [0, 0.1) is 5.41 Å². The Labute approximate surface area is 110 Å². The minimum Gasteiger partial charge on any atom is -0.409 e. The Morgan fingerprint density at radius 1 is 1.59 bits per heavy atom. The predicted molar refractivity (Wildman–Crippen MR) is 71.0 cm³/mol. The summed E-state index contributed by atoms with van der Waals surface area (Å²) in [6.45, 7) is 4.84. The SMILES string of the molecule is CC(C)(CCCCn1cc(Br)cn1)/C(N)=N/O. The summed E-state index contributed by atoms with van der Waals surface area (Å²) in [5, 5.41) is 15.9. The number of hydrogen-bond donors (Lipinski definition) is 2. The van der Waals surface area contributed by atoms with Gasteiger partial charge in [0.2, 0.25) is 0 Å². The summed E-state index contributed by atoms with van der Waals surface area (Å²) >= 11 is 3.36. The Hall–Kier alpha value is -1.04. The van der Waals surface area contributed by atoms with Crippen LogP contribution in [0.4, 0.5) is 0 Å². The van der Waals surface area contributed by atoms with Crippen LogP contribution in [-0.2, 0) is 6.54 Å². The van der Waals surface area contributed by atoms with E-state index in [1.165, 1.54) is 0 Å². The molecule has 0 aliphatic carbocycles. The summed E-state index contributed by atoms with van der Waals surface area (Å²) in [6, 6.07) is 0. The summed E-state index contributed by atoms with van der Waals surface area (Å²) < 4.78 is 2.90. The van der Waals surface area contributed by atoms with E-state index < -0.39 is 0 Å². The Bertz CT molecular complexity index is 387. The van der Waals surface area contributed by atoms with E-state index in [0.717, 1.165) is 30.3 Å². The summed E-state index contributed by atoms with van der Waals surface area (Å²) in [5.74, 6) is 0.291. The molecule has 1 rings (SSSR count). The van der Waals surface area contributed by atoms with E-state index in [4.69, 9.17) is 10.9 Å². The van der Waals surface area contributed by atoms with Crippen molar-refractivity contribution in [2.75, 3.05) is 0 Å². The maximum absolute atomic E-state index is 8.65. The third kappa shape index (κ3) is 4.38. The Morgan fingerprint density at radius 2 is 2.29 bits per heavy atom. The number of rotatable bonds is 6. The molecule has 6 heteroatoms. The number of halogens is 1. The molecule has 0 aliphatic rings. The van der Waals surface area contributed by atoms with Gasteiger partial charge in [0, 0.05) is 18.2 Å². The fourth-order valence-electron chi connectivity index (χ4n) is 1.56. The van der Waals surface area contributed by atoms with Gasteiger partial charge < -0.3 is 10.9 Å². The van der Waals surface area contributed by atoms with Crippen LogP contribution < -0.4 is 5.73 Å². The zero-order valence-corrected chi connectivity index (χ0v) is 11.8. The molecule has 0 saturated carbocycles. The number of aromatic nitrogens is 2. The molecule has 0 fully saturated rings. The highest BCUT2D eigenvalue weighted by atomic mass is 79.9. The van der Waals surface area contributed by atoms with Crippen LogP contribution in [0.1, 0.15) is 33.1 Å².